The Bertz CT molecular complexity index is 424. The number of hydrogen-bond acceptors (Lipinski definition) is 2. The van der Waals surface area contributed by atoms with E-state index in [-0.39, 0.29) is 5.92 Å². The first kappa shape index (κ1) is 12.1. The fraction of sp³-hybridized carbons (Fsp3) is 0.500. The zero-order valence-electron chi connectivity index (χ0n) is 10.1. The third-order valence-corrected chi connectivity index (χ3v) is 4.02. The topological polar surface area (TPSA) is 63.3 Å². The first-order valence-electron chi connectivity index (χ1n) is 6.10. The first-order chi connectivity index (χ1) is 8.10. The Morgan fingerprint density at radius 1 is 1.53 bits per heavy atom. The maximum Gasteiger partial charge on any atom is 0.310 e. The van der Waals surface area contributed by atoms with Crippen molar-refractivity contribution in [3.8, 4) is 0 Å². The number of carboxylic acids is 1. The molecule has 1 aromatic carbocycles. The lowest BCUT2D eigenvalue weighted by Crippen LogP contribution is -2.45. The van der Waals surface area contributed by atoms with Crippen molar-refractivity contribution in [2.75, 3.05) is 6.54 Å². The van der Waals surface area contributed by atoms with E-state index in [1.165, 1.54) is 0 Å². The van der Waals surface area contributed by atoms with Gasteiger partial charge in [0.2, 0.25) is 0 Å². The van der Waals surface area contributed by atoms with Crippen molar-refractivity contribution in [2.45, 2.75) is 32.1 Å². The van der Waals surface area contributed by atoms with Crippen LogP contribution in [0.15, 0.2) is 24.3 Å². The van der Waals surface area contributed by atoms with Gasteiger partial charge in [0.25, 0.3) is 0 Å². The van der Waals surface area contributed by atoms with Crippen LogP contribution in [-0.2, 0) is 4.79 Å². The van der Waals surface area contributed by atoms with Crippen LogP contribution < -0.4 is 5.73 Å². The van der Waals surface area contributed by atoms with Gasteiger partial charge in [-0.05, 0) is 25.3 Å². The predicted octanol–water partition coefficient (Wildman–Crippen LogP) is 2.29. The monoisotopic (exact) mass is 233 g/mol. The molecule has 1 saturated carbocycles. The van der Waals surface area contributed by atoms with Gasteiger partial charge >= 0.3 is 5.97 Å². The molecule has 1 aliphatic rings. The summed E-state index contributed by atoms with van der Waals surface area (Å²) in [6, 6.07) is 8.04. The number of benzene rings is 1. The van der Waals surface area contributed by atoms with Gasteiger partial charge in [0.1, 0.15) is 0 Å². The number of rotatable bonds is 4. The van der Waals surface area contributed by atoms with Gasteiger partial charge in [0.05, 0.1) is 5.41 Å². The summed E-state index contributed by atoms with van der Waals surface area (Å²) in [5, 5.41) is 9.46. The van der Waals surface area contributed by atoms with Crippen molar-refractivity contribution in [1.82, 2.24) is 0 Å². The lowest BCUT2D eigenvalue weighted by Gasteiger charge is -2.44. The van der Waals surface area contributed by atoms with Crippen molar-refractivity contribution < 1.29 is 9.90 Å². The van der Waals surface area contributed by atoms with E-state index >= 15 is 0 Å². The van der Waals surface area contributed by atoms with Gasteiger partial charge in [-0.1, -0.05) is 36.2 Å². The molecule has 0 spiro atoms. The molecule has 1 atom stereocenters. The van der Waals surface area contributed by atoms with Crippen molar-refractivity contribution in [3.63, 3.8) is 0 Å². The third kappa shape index (κ3) is 1.95. The second-order valence-corrected chi connectivity index (χ2v) is 5.02. The molecule has 0 radical (unpaired) electrons. The normalized spacial score (nSPS) is 19.4. The summed E-state index contributed by atoms with van der Waals surface area (Å²) in [4.78, 5) is 11.5. The zero-order valence-corrected chi connectivity index (χ0v) is 10.1. The molecule has 2 rings (SSSR count). The SMILES string of the molecule is Cc1cccc([C@@H](CN)C2(C(=O)O)CCC2)c1. The number of nitrogens with two attached hydrogens (primary N) is 1. The molecule has 0 saturated heterocycles. The maximum atomic E-state index is 11.5. The standard InChI is InChI=1S/C14H19NO2/c1-10-4-2-5-11(8-10)12(9-15)14(13(16)17)6-3-7-14/h2,4-5,8,12H,3,6-7,9,15H2,1H3,(H,16,17)/t12-/m1/s1. The van der Waals surface area contributed by atoms with Gasteiger partial charge in [0.15, 0.2) is 0 Å². The largest absolute Gasteiger partial charge is 0.481 e. The van der Waals surface area contributed by atoms with E-state index in [2.05, 4.69) is 6.07 Å². The molecule has 3 nitrogen and oxygen atoms in total. The molecule has 1 fully saturated rings. The van der Waals surface area contributed by atoms with Crippen LogP contribution in [0.2, 0.25) is 0 Å². The highest BCUT2D eigenvalue weighted by atomic mass is 16.4. The highest BCUT2D eigenvalue weighted by Gasteiger charge is 2.50. The first-order valence-corrected chi connectivity index (χ1v) is 6.10. The van der Waals surface area contributed by atoms with Crippen LogP contribution in [0, 0.1) is 12.3 Å². The second-order valence-electron chi connectivity index (χ2n) is 5.02. The van der Waals surface area contributed by atoms with Crippen molar-refractivity contribution in [3.05, 3.63) is 35.4 Å². The fourth-order valence-electron chi connectivity index (χ4n) is 2.84. The second kappa shape index (κ2) is 4.49. The number of carbonyl (C=O) groups is 1. The van der Waals surface area contributed by atoms with Crippen molar-refractivity contribution in [2.24, 2.45) is 11.1 Å². The molecule has 0 aromatic heterocycles. The quantitative estimate of drug-likeness (QED) is 0.838. The summed E-state index contributed by atoms with van der Waals surface area (Å²) in [6.45, 7) is 2.42. The van der Waals surface area contributed by atoms with Gasteiger partial charge < -0.3 is 10.8 Å². The fourth-order valence-corrected chi connectivity index (χ4v) is 2.84. The number of aliphatic carboxylic acids is 1. The number of carboxylic acid groups (broad SMARTS) is 1. The minimum absolute atomic E-state index is 0.0614. The summed E-state index contributed by atoms with van der Waals surface area (Å²) >= 11 is 0. The molecule has 0 unspecified atom stereocenters. The van der Waals surface area contributed by atoms with Crippen LogP contribution in [-0.4, -0.2) is 17.6 Å². The van der Waals surface area contributed by atoms with Crippen LogP contribution in [0.4, 0.5) is 0 Å². The van der Waals surface area contributed by atoms with Crippen LogP contribution >= 0.6 is 0 Å². The predicted molar refractivity (Wildman–Crippen MR) is 66.9 cm³/mol. The molecule has 17 heavy (non-hydrogen) atoms. The molecule has 0 amide bonds. The number of hydrogen-bond donors (Lipinski definition) is 2. The molecular weight excluding hydrogens is 214 g/mol. The van der Waals surface area contributed by atoms with E-state index < -0.39 is 11.4 Å². The van der Waals surface area contributed by atoms with Gasteiger partial charge in [-0.3, -0.25) is 4.79 Å². The Hall–Kier alpha value is -1.35. The Morgan fingerprint density at radius 2 is 2.24 bits per heavy atom. The maximum absolute atomic E-state index is 11.5. The van der Waals surface area contributed by atoms with Crippen molar-refractivity contribution in [1.29, 1.82) is 0 Å². The molecular formula is C14H19NO2. The molecule has 1 aliphatic carbocycles. The lowest BCUT2D eigenvalue weighted by atomic mass is 9.59. The smallest absolute Gasteiger partial charge is 0.310 e. The van der Waals surface area contributed by atoms with E-state index in [4.69, 9.17) is 5.73 Å². The van der Waals surface area contributed by atoms with E-state index in [1.807, 2.05) is 25.1 Å². The summed E-state index contributed by atoms with van der Waals surface area (Å²) < 4.78 is 0. The van der Waals surface area contributed by atoms with Crippen LogP contribution in [0.1, 0.15) is 36.3 Å². The summed E-state index contributed by atoms with van der Waals surface area (Å²) in [5.41, 5.74) is 7.42. The minimum Gasteiger partial charge on any atom is -0.481 e. The van der Waals surface area contributed by atoms with Crippen molar-refractivity contribution >= 4 is 5.97 Å². The molecule has 1 aromatic rings. The highest BCUT2D eigenvalue weighted by Crippen LogP contribution is 2.51. The lowest BCUT2D eigenvalue weighted by molar-refractivity contribution is -0.156. The van der Waals surface area contributed by atoms with E-state index in [1.54, 1.807) is 0 Å². The Balaban J connectivity index is 2.36. The summed E-state index contributed by atoms with van der Waals surface area (Å²) in [7, 11) is 0. The summed E-state index contributed by atoms with van der Waals surface area (Å²) in [6.07, 6.45) is 2.49. The Labute approximate surface area is 102 Å². The molecule has 92 valence electrons. The third-order valence-electron chi connectivity index (χ3n) is 4.02. The molecule has 3 N–H and O–H groups in total. The zero-order chi connectivity index (χ0) is 12.5. The average molecular weight is 233 g/mol. The number of aryl methyl sites for hydroxylation is 1. The van der Waals surface area contributed by atoms with Crippen LogP contribution in [0.3, 0.4) is 0 Å². The average Bonchev–Trinajstić information content (AvgIpc) is 2.22. The Morgan fingerprint density at radius 3 is 2.65 bits per heavy atom. The minimum atomic E-state index is -0.694. The van der Waals surface area contributed by atoms with Gasteiger partial charge in [-0.25, -0.2) is 0 Å². The van der Waals surface area contributed by atoms with E-state index in [0.29, 0.717) is 6.54 Å². The summed E-state index contributed by atoms with van der Waals surface area (Å²) in [5.74, 6) is -0.755. The van der Waals surface area contributed by atoms with Crippen LogP contribution in [0.25, 0.3) is 0 Å². The molecule has 0 heterocycles. The van der Waals surface area contributed by atoms with Gasteiger partial charge in [-0.2, -0.15) is 0 Å². The van der Waals surface area contributed by atoms with E-state index in [9.17, 15) is 9.90 Å². The highest BCUT2D eigenvalue weighted by molar-refractivity contribution is 5.77. The van der Waals surface area contributed by atoms with Gasteiger partial charge in [-0.15, -0.1) is 0 Å². The van der Waals surface area contributed by atoms with Gasteiger partial charge in [0, 0.05) is 12.5 Å². The van der Waals surface area contributed by atoms with E-state index in [0.717, 1.165) is 30.4 Å². The van der Waals surface area contributed by atoms with Crippen LogP contribution in [0.5, 0.6) is 0 Å². The molecule has 3 heteroatoms. The Kier molecular flexibility index (Phi) is 3.20. The molecule has 0 aliphatic heterocycles. The molecule has 0 bridgehead atoms.